The molecule has 2 aliphatic rings. The number of rotatable bonds is 17. The van der Waals surface area contributed by atoms with Gasteiger partial charge in [0.2, 0.25) is 0 Å². The molecule has 0 N–H and O–H groups in total. The van der Waals surface area contributed by atoms with Crippen molar-refractivity contribution in [3.63, 3.8) is 0 Å². The molecule has 302 valence electrons. The molecule has 2 saturated heterocycles. The molecule has 0 amide bonds. The van der Waals surface area contributed by atoms with Crippen molar-refractivity contribution >= 4 is 24.1 Å². The number of carbonyl (C=O) groups excluding carboxylic acids is 2. The van der Waals surface area contributed by atoms with Gasteiger partial charge in [0.15, 0.2) is 12.6 Å². The Labute approximate surface area is 331 Å². The van der Waals surface area contributed by atoms with Gasteiger partial charge >= 0.3 is 11.9 Å². The minimum Gasteiger partial charge on any atom is -0.496 e. The van der Waals surface area contributed by atoms with Gasteiger partial charge in [-0.2, -0.15) is 5.26 Å². The lowest BCUT2D eigenvalue weighted by Gasteiger charge is -2.48. The van der Waals surface area contributed by atoms with E-state index >= 15 is 0 Å². The van der Waals surface area contributed by atoms with Gasteiger partial charge in [-0.15, -0.1) is 0 Å². The third-order valence-electron chi connectivity index (χ3n) is 9.76. The number of ether oxygens (including phenoxy) is 8. The molecule has 0 radical (unpaired) electrons. The fraction of sp³-hybridized carbons (Fsp3) is 0.545. The molecule has 4 rings (SSSR count). The molecule has 12 heteroatoms. The van der Waals surface area contributed by atoms with Crippen LogP contribution in [-0.4, -0.2) is 77.9 Å². The number of hydrogen-bond donors (Lipinski definition) is 0. The number of aryl methyl sites for hydroxylation is 2. The number of unbranched alkanes of at least 4 members (excludes halogenated alkanes) is 3. The summed E-state index contributed by atoms with van der Waals surface area (Å²) in [6.07, 6.45) is 6.10. The van der Waals surface area contributed by atoms with Gasteiger partial charge in [-0.25, -0.2) is 9.64 Å². The van der Waals surface area contributed by atoms with Gasteiger partial charge in [-0.1, -0.05) is 72.1 Å². The van der Waals surface area contributed by atoms with Crippen LogP contribution in [0.3, 0.4) is 0 Å². The molecule has 0 aromatic heterocycles. The lowest BCUT2D eigenvalue weighted by atomic mass is 9.86. The van der Waals surface area contributed by atoms with Crippen molar-refractivity contribution < 1.29 is 47.5 Å². The first-order chi connectivity index (χ1) is 26.7. The van der Waals surface area contributed by atoms with E-state index in [1.165, 1.54) is 25.0 Å². The van der Waals surface area contributed by atoms with Crippen molar-refractivity contribution in [2.24, 2.45) is 16.2 Å². The number of hydrogen-bond acceptors (Lipinski definition) is 11. The van der Waals surface area contributed by atoms with Crippen LogP contribution in [0.1, 0.15) is 82.6 Å². The van der Waals surface area contributed by atoms with Gasteiger partial charge in [-0.05, 0) is 72.9 Å². The maximum atomic E-state index is 13.0. The Kier molecular flexibility index (Phi) is 15.7. The number of esters is 2. The molecule has 0 saturated carbocycles. The Morgan fingerprint density at radius 1 is 0.839 bits per heavy atom. The second-order valence-electron chi connectivity index (χ2n) is 16.0. The lowest BCUT2D eigenvalue weighted by molar-refractivity contribution is -0.337. The Morgan fingerprint density at radius 3 is 1.95 bits per heavy atom. The molecule has 12 nitrogen and oxygen atoms in total. The van der Waals surface area contributed by atoms with E-state index in [0.29, 0.717) is 23.5 Å². The standard InChI is InChI=1S/C44H56N2O10/c1-10-11-12-13-18-50-36-17-16-32(19-31(36)3)21-35(46-8)39(48)52-25-43(6,7)41-55-28-44(29-56-41)26-53-40(54-27-44)42(4,5)24-51-38(47)34(23-45)20-33-15-14-30(2)37(22-33)49-9/h14-17,19-22,40-41H,10-13,18,24-29H2,1-7,9H3/b34-20-,35-21+. The SMILES string of the molecule is [C-]#[N+]/C(=C/c1ccc(OCCCCCC)c(C)c1)C(=O)OCC(C)(C)C1OCC2(COC(C(C)(C)COC(=O)/C(C#N)=C\c3ccc(C)c(OC)c3)OC2)CO1. The zero-order chi connectivity index (χ0) is 40.9. The zero-order valence-corrected chi connectivity index (χ0v) is 34.0. The van der Waals surface area contributed by atoms with E-state index in [1.807, 2.05) is 71.9 Å². The topological polar surface area (TPSA) is 136 Å². The van der Waals surface area contributed by atoms with Crippen molar-refractivity contribution in [3.05, 3.63) is 81.3 Å². The van der Waals surface area contributed by atoms with Crippen molar-refractivity contribution in [2.45, 2.75) is 86.7 Å². The molecule has 0 bridgehead atoms. The smallest absolute Gasteiger partial charge is 0.348 e. The number of nitrogens with zero attached hydrogens (tertiary/aromatic N) is 2. The summed E-state index contributed by atoms with van der Waals surface area (Å²) in [6, 6.07) is 12.9. The Balaban J connectivity index is 1.23. The monoisotopic (exact) mass is 772 g/mol. The summed E-state index contributed by atoms with van der Waals surface area (Å²) in [5, 5.41) is 9.65. The highest BCUT2D eigenvalue weighted by Gasteiger charge is 2.48. The number of methoxy groups -OCH3 is 1. The zero-order valence-electron chi connectivity index (χ0n) is 34.0. The van der Waals surface area contributed by atoms with Crippen molar-refractivity contribution in [1.82, 2.24) is 0 Å². The molecule has 2 heterocycles. The first kappa shape index (κ1) is 44.0. The van der Waals surface area contributed by atoms with Crippen LogP contribution >= 0.6 is 0 Å². The van der Waals surface area contributed by atoms with E-state index in [4.69, 9.17) is 44.5 Å². The van der Waals surface area contributed by atoms with Crippen molar-refractivity contribution in [3.8, 4) is 17.6 Å². The molecular formula is C44H56N2O10. The van der Waals surface area contributed by atoms with Crippen molar-refractivity contribution in [1.29, 1.82) is 5.26 Å². The Morgan fingerprint density at radius 2 is 1.41 bits per heavy atom. The molecule has 2 fully saturated rings. The summed E-state index contributed by atoms with van der Waals surface area (Å²) in [7, 11) is 1.56. The third kappa shape index (κ3) is 11.9. The maximum Gasteiger partial charge on any atom is 0.348 e. The average molecular weight is 773 g/mol. The molecule has 0 aliphatic carbocycles. The van der Waals surface area contributed by atoms with Gasteiger partial charge in [0.1, 0.15) is 36.4 Å². The van der Waals surface area contributed by atoms with E-state index in [9.17, 15) is 14.9 Å². The highest BCUT2D eigenvalue weighted by atomic mass is 16.7. The third-order valence-corrected chi connectivity index (χ3v) is 9.76. The summed E-state index contributed by atoms with van der Waals surface area (Å²) in [5.41, 5.74) is 0.895. The summed E-state index contributed by atoms with van der Waals surface area (Å²) >= 11 is 0. The van der Waals surface area contributed by atoms with Crippen LogP contribution in [0.25, 0.3) is 17.0 Å². The molecule has 0 unspecified atom stereocenters. The second-order valence-corrected chi connectivity index (χ2v) is 16.0. The number of benzene rings is 2. The van der Waals surface area contributed by atoms with Gasteiger partial charge in [0.05, 0.1) is 52.1 Å². The molecule has 1 spiro atoms. The summed E-state index contributed by atoms with van der Waals surface area (Å²) in [4.78, 5) is 29.3. The molecule has 0 atom stereocenters. The normalized spacial score (nSPS) is 20.5. The largest absolute Gasteiger partial charge is 0.496 e. The summed E-state index contributed by atoms with van der Waals surface area (Å²) < 4.78 is 47.0. The van der Waals surface area contributed by atoms with Crippen LogP contribution in [0.2, 0.25) is 0 Å². The minimum atomic E-state index is -0.749. The van der Waals surface area contributed by atoms with Gasteiger partial charge in [-0.3, -0.25) is 4.79 Å². The van der Waals surface area contributed by atoms with Crippen LogP contribution in [0.4, 0.5) is 0 Å². The van der Waals surface area contributed by atoms with Gasteiger partial charge < -0.3 is 37.9 Å². The summed E-state index contributed by atoms with van der Waals surface area (Å²) in [6.45, 7) is 22.8. The predicted molar refractivity (Wildman–Crippen MR) is 210 cm³/mol. The van der Waals surface area contributed by atoms with E-state index in [0.717, 1.165) is 29.7 Å². The molecule has 2 aromatic carbocycles. The van der Waals surface area contributed by atoms with Gasteiger partial charge in [0, 0.05) is 10.8 Å². The van der Waals surface area contributed by atoms with Crippen LogP contribution < -0.4 is 9.47 Å². The average Bonchev–Trinajstić information content (AvgIpc) is 3.18. The first-order valence-corrected chi connectivity index (χ1v) is 19.1. The molecular weight excluding hydrogens is 716 g/mol. The summed E-state index contributed by atoms with van der Waals surface area (Å²) in [5.74, 6) is -0.0396. The van der Waals surface area contributed by atoms with Crippen LogP contribution in [0.5, 0.6) is 11.5 Å². The quantitative estimate of drug-likeness (QED) is 0.0509. The van der Waals surface area contributed by atoms with Crippen LogP contribution in [-0.2, 0) is 38.0 Å². The Bertz CT molecular complexity index is 1820. The second kappa shape index (κ2) is 19.9. The minimum absolute atomic E-state index is 0.0376. The fourth-order valence-corrected chi connectivity index (χ4v) is 6.21. The van der Waals surface area contributed by atoms with E-state index in [-0.39, 0.29) is 50.9 Å². The van der Waals surface area contributed by atoms with E-state index in [1.54, 1.807) is 19.2 Å². The Hall–Kier alpha value is -4.72. The number of carbonyl (C=O) groups is 2. The van der Waals surface area contributed by atoms with Crippen LogP contribution in [0.15, 0.2) is 47.7 Å². The highest BCUT2D eigenvalue weighted by molar-refractivity contribution is 5.98. The van der Waals surface area contributed by atoms with Gasteiger partial charge in [0.25, 0.3) is 5.70 Å². The lowest BCUT2D eigenvalue weighted by Crippen LogP contribution is -2.57. The molecule has 56 heavy (non-hydrogen) atoms. The molecule has 2 aliphatic heterocycles. The van der Waals surface area contributed by atoms with E-state index < -0.39 is 40.8 Å². The van der Waals surface area contributed by atoms with E-state index in [2.05, 4.69) is 11.8 Å². The molecule has 2 aromatic rings. The van der Waals surface area contributed by atoms with Crippen LogP contribution in [0, 0.1) is 48.0 Å². The van der Waals surface area contributed by atoms with Crippen molar-refractivity contribution in [2.75, 3.05) is 53.4 Å². The first-order valence-electron chi connectivity index (χ1n) is 19.1. The highest BCUT2D eigenvalue weighted by Crippen LogP contribution is 2.39. The predicted octanol–water partition coefficient (Wildman–Crippen LogP) is 8.01. The fourth-order valence-electron chi connectivity index (χ4n) is 6.21. The number of nitriles is 1. The maximum absolute atomic E-state index is 13.0.